The van der Waals surface area contributed by atoms with Crippen LogP contribution >= 0.6 is 11.8 Å². The van der Waals surface area contributed by atoms with E-state index in [4.69, 9.17) is 9.47 Å². The number of hydrogen-bond donors (Lipinski definition) is 4. The highest BCUT2D eigenvalue weighted by Gasteiger charge is 2.44. The fourth-order valence-electron chi connectivity index (χ4n) is 3.48. The number of benzene rings is 2. The summed E-state index contributed by atoms with van der Waals surface area (Å²) in [4.78, 5) is 4.67. The molecule has 0 bridgehead atoms. The topological polar surface area (TPSA) is 117 Å². The summed E-state index contributed by atoms with van der Waals surface area (Å²) < 4.78 is 12.9. The van der Waals surface area contributed by atoms with Crippen LogP contribution in [-0.4, -0.2) is 73.5 Å². The average Bonchev–Trinajstić information content (AvgIpc) is 3.11. The summed E-state index contributed by atoms with van der Waals surface area (Å²) in [5, 5.41) is 40.5. The van der Waals surface area contributed by atoms with Crippen LogP contribution in [0.2, 0.25) is 0 Å². The van der Waals surface area contributed by atoms with Crippen molar-refractivity contribution in [2.75, 3.05) is 13.7 Å². The van der Waals surface area contributed by atoms with Gasteiger partial charge in [-0.15, -0.1) is 0 Å². The Morgan fingerprint density at radius 1 is 1.03 bits per heavy atom. The second kappa shape index (κ2) is 8.93. The monoisotopic (exact) mass is 432 g/mol. The second-order valence-corrected chi connectivity index (χ2v) is 8.20. The van der Waals surface area contributed by atoms with E-state index in [0.717, 1.165) is 34.1 Å². The molecule has 1 aromatic heterocycles. The van der Waals surface area contributed by atoms with Crippen LogP contribution in [0.1, 0.15) is 5.56 Å². The molecule has 2 aromatic carbocycles. The van der Waals surface area contributed by atoms with Gasteiger partial charge in [-0.25, -0.2) is 4.98 Å². The summed E-state index contributed by atoms with van der Waals surface area (Å²) in [6.07, 6.45) is -5.10. The molecule has 0 spiro atoms. The minimum Gasteiger partial charge on any atom is -0.497 e. The van der Waals surface area contributed by atoms with Gasteiger partial charge in [0.15, 0.2) is 5.16 Å². The van der Waals surface area contributed by atoms with E-state index < -0.39 is 36.5 Å². The van der Waals surface area contributed by atoms with Crippen LogP contribution in [0.25, 0.3) is 11.0 Å². The summed E-state index contributed by atoms with van der Waals surface area (Å²) in [5.41, 5.74) is 1.85. The van der Waals surface area contributed by atoms with Crippen LogP contribution in [0.3, 0.4) is 0 Å². The van der Waals surface area contributed by atoms with Crippen LogP contribution in [-0.2, 0) is 11.3 Å². The largest absolute Gasteiger partial charge is 0.497 e. The highest BCUT2D eigenvalue weighted by atomic mass is 32.2. The molecule has 1 saturated heterocycles. The van der Waals surface area contributed by atoms with Crippen LogP contribution in [0.5, 0.6) is 5.75 Å². The van der Waals surface area contributed by atoms with E-state index in [1.807, 2.05) is 53.1 Å². The molecule has 1 aliphatic rings. The molecule has 4 N–H and O–H groups in total. The molecule has 5 unspecified atom stereocenters. The third kappa shape index (κ3) is 4.04. The summed E-state index contributed by atoms with van der Waals surface area (Å²) in [6, 6.07) is 15.4. The van der Waals surface area contributed by atoms with Gasteiger partial charge in [-0.3, -0.25) is 0 Å². The van der Waals surface area contributed by atoms with E-state index in [0.29, 0.717) is 11.7 Å². The number of imidazole rings is 1. The Labute approximate surface area is 177 Å². The Morgan fingerprint density at radius 2 is 1.77 bits per heavy atom. The lowest BCUT2D eigenvalue weighted by atomic mass is 10.0. The van der Waals surface area contributed by atoms with E-state index in [2.05, 4.69) is 4.98 Å². The predicted octanol–water partition coefficient (Wildman–Crippen LogP) is 0.985. The summed E-state index contributed by atoms with van der Waals surface area (Å²) in [6.45, 7) is 0.0640. The summed E-state index contributed by atoms with van der Waals surface area (Å²) >= 11 is 1.15. The number of methoxy groups -OCH3 is 1. The van der Waals surface area contributed by atoms with Crippen molar-refractivity contribution in [1.29, 1.82) is 0 Å². The number of hydrogen-bond acceptors (Lipinski definition) is 8. The normalized spacial score (nSPS) is 26.8. The molecular weight excluding hydrogens is 408 g/mol. The molecule has 0 radical (unpaired) electrons. The Bertz CT molecular complexity index is 993. The molecule has 3 aromatic rings. The standard InChI is InChI=1S/C21H24N2O6S/c1-28-13-8-6-12(7-9-13)10-23-15-5-3-2-4-14(15)22-21(23)30-20-19(27)18(26)17(25)16(11-24)29-20/h2-9,16-20,24-27H,10-11H2,1H3. The van der Waals surface area contributed by atoms with Gasteiger partial charge in [0.1, 0.15) is 35.6 Å². The molecule has 1 aliphatic heterocycles. The van der Waals surface area contributed by atoms with E-state index in [-0.39, 0.29) is 0 Å². The van der Waals surface area contributed by atoms with Gasteiger partial charge in [0.2, 0.25) is 0 Å². The Hall–Kier alpha value is -2.14. The first-order valence-electron chi connectivity index (χ1n) is 9.57. The van der Waals surface area contributed by atoms with Gasteiger partial charge in [-0.05, 0) is 29.8 Å². The Kier molecular flexibility index (Phi) is 6.28. The van der Waals surface area contributed by atoms with Crippen LogP contribution in [0, 0.1) is 0 Å². The SMILES string of the molecule is COc1ccc(Cn2c(SC3OC(CO)C(O)C(O)C3O)nc3ccccc32)cc1. The predicted molar refractivity (Wildman–Crippen MR) is 111 cm³/mol. The maximum absolute atomic E-state index is 10.4. The third-order valence-electron chi connectivity index (χ3n) is 5.19. The number of aliphatic hydroxyl groups is 4. The van der Waals surface area contributed by atoms with Crippen molar-refractivity contribution in [2.24, 2.45) is 0 Å². The van der Waals surface area contributed by atoms with Crippen LogP contribution in [0.4, 0.5) is 0 Å². The zero-order valence-electron chi connectivity index (χ0n) is 16.3. The number of thioether (sulfide) groups is 1. The number of aromatic nitrogens is 2. The maximum atomic E-state index is 10.4. The zero-order chi connectivity index (χ0) is 21.3. The number of ether oxygens (including phenoxy) is 2. The average molecular weight is 432 g/mol. The van der Waals surface area contributed by atoms with Crippen molar-refractivity contribution in [2.45, 2.75) is 41.6 Å². The van der Waals surface area contributed by atoms with Crippen LogP contribution in [0.15, 0.2) is 53.7 Å². The lowest BCUT2D eigenvalue weighted by Crippen LogP contribution is -2.57. The van der Waals surface area contributed by atoms with E-state index in [9.17, 15) is 20.4 Å². The zero-order valence-corrected chi connectivity index (χ0v) is 17.1. The molecule has 0 amide bonds. The van der Waals surface area contributed by atoms with Crippen molar-refractivity contribution in [3.05, 3.63) is 54.1 Å². The number of rotatable bonds is 6. The van der Waals surface area contributed by atoms with Gasteiger partial charge in [0.05, 0.1) is 31.3 Å². The summed E-state index contributed by atoms with van der Waals surface area (Å²) in [5.74, 6) is 0.769. The lowest BCUT2D eigenvalue weighted by Gasteiger charge is -2.39. The summed E-state index contributed by atoms with van der Waals surface area (Å²) in [7, 11) is 1.62. The van der Waals surface area contributed by atoms with Gasteiger partial charge in [0, 0.05) is 0 Å². The first kappa shape index (κ1) is 21.1. The van der Waals surface area contributed by atoms with E-state index in [1.165, 1.54) is 0 Å². The van der Waals surface area contributed by atoms with Gasteiger partial charge in [-0.2, -0.15) is 0 Å². The van der Waals surface area contributed by atoms with Gasteiger partial charge >= 0.3 is 0 Å². The fraction of sp³-hybridized carbons (Fsp3) is 0.381. The van der Waals surface area contributed by atoms with Crippen molar-refractivity contribution >= 4 is 22.8 Å². The Morgan fingerprint density at radius 3 is 2.47 bits per heavy atom. The molecule has 160 valence electrons. The number of fused-ring (bicyclic) bond motifs is 1. The molecule has 0 saturated carbocycles. The molecular formula is C21H24N2O6S. The third-order valence-corrected chi connectivity index (χ3v) is 6.33. The maximum Gasteiger partial charge on any atom is 0.171 e. The highest BCUT2D eigenvalue weighted by molar-refractivity contribution is 7.99. The highest BCUT2D eigenvalue weighted by Crippen LogP contribution is 2.35. The first-order valence-corrected chi connectivity index (χ1v) is 10.4. The smallest absolute Gasteiger partial charge is 0.171 e. The molecule has 0 aliphatic carbocycles. The van der Waals surface area contributed by atoms with Crippen molar-refractivity contribution in [3.63, 3.8) is 0 Å². The van der Waals surface area contributed by atoms with Gasteiger partial charge in [0.25, 0.3) is 0 Å². The van der Waals surface area contributed by atoms with E-state index >= 15 is 0 Å². The van der Waals surface area contributed by atoms with Crippen molar-refractivity contribution in [3.8, 4) is 5.75 Å². The van der Waals surface area contributed by atoms with Crippen molar-refractivity contribution in [1.82, 2.24) is 9.55 Å². The molecule has 8 nitrogen and oxygen atoms in total. The minimum atomic E-state index is -1.42. The number of aliphatic hydroxyl groups excluding tert-OH is 4. The number of para-hydroxylation sites is 2. The molecule has 1 fully saturated rings. The minimum absolute atomic E-state index is 0.468. The van der Waals surface area contributed by atoms with E-state index in [1.54, 1.807) is 7.11 Å². The lowest BCUT2D eigenvalue weighted by molar-refractivity contribution is -0.205. The molecule has 30 heavy (non-hydrogen) atoms. The number of nitrogens with zero attached hydrogens (tertiary/aromatic N) is 2. The molecule has 4 rings (SSSR count). The fourth-order valence-corrected chi connectivity index (χ4v) is 4.63. The van der Waals surface area contributed by atoms with Crippen molar-refractivity contribution < 1.29 is 29.9 Å². The molecule has 2 heterocycles. The molecule has 5 atom stereocenters. The Balaban J connectivity index is 1.65. The van der Waals surface area contributed by atoms with Crippen LogP contribution < -0.4 is 4.74 Å². The second-order valence-electron chi connectivity index (χ2n) is 7.13. The van der Waals surface area contributed by atoms with Gasteiger partial charge in [-0.1, -0.05) is 36.0 Å². The quantitative estimate of drug-likeness (QED) is 0.456. The molecule has 9 heteroatoms. The first-order chi connectivity index (χ1) is 14.5. The van der Waals surface area contributed by atoms with Gasteiger partial charge < -0.3 is 34.5 Å².